The van der Waals surface area contributed by atoms with E-state index in [1.54, 1.807) is 19.2 Å². The highest BCUT2D eigenvalue weighted by molar-refractivity contribution is 5.85. The van der Waals surface area contributed by atoms with Crippen molar-refractivity contribution in [1.82, 2.24) is 5.32 Å². The summed E-state index contributed by atoms with van der Waals surface area (Å²) >= 11 is 0. The molecule has 8 heteroatoms. The molecule has 31 heavy (non-hydrogen) atoms. The van der Waals surface area contributed by atoms with E-state index in [9.17, 15) is 10.1 Å². The van der Waals surface area contributed by atoms with Crippen molar-refractivity contribution in [2.75, 3.05) is 25.5 Å². The minimum Gasteiger partial charge on any atom is -0.493 e. The first-order chi connectivity index (χ1) is 14.7. The summed E-state index contributed by atoms with van der Waals surface area (Å²) in [7, 11) is 1.63. The molecule has 2 N–H and O–H groups in total. The molecule has 0 aliphatic heterocycles. The predicted molar refractivity (Wildman–Crippen MR) is 124 cm³/mol. The van der Waals surface area contributed by atoms with Crippen molar-refractivity contribution in [2.45, 2.75) is 13.2 Å². The molecule has 0 bridgehead atoms. The Balaban J connectivity index is 0.00000341. The van der Waals surface area contributed by atoms with Crippen molar-refractivity contribution in [2.24, 2.45) is 0 Å². The fraction of sp³-hybridized carbons (Fsp3) is 0.217. The standard InChI is InChI=1S/C23H25N3O4.ClH/c1-29-22-9-5-8-19(23(22)30-17-18-6-3-2-4-7-18)16-24-14-15-25-20-10-12-21(13-11-20)26(27)28;/h2-13,24-25H,14-17H2,1H3;1H. The van der Waals surface area contributed by atoms with Crippen LogP contribution >= 0.6 is 12.4 Å². The van der Waals surface area contributed by atoms with Gasteiger partial charge in [-0.2, -0.15) is 0 Å². The molecule has 7 nitrogen and oxygen atoms in total. The maximum atomic E-state index is 10.7. The third kappa shape index (κ3) is 7.16. The number of nitro benzene ring substituents is 1. The van der Waals surface area contributed by atoms with Crippen LogP contribution in [0.2, 0.25) is 0 Å². The van der Waals surface area contributed by atoms with Gasteiger partial charge in [0.25, 0.3) is 5.69 Å². The number of nitrogens with zero attached hydrogens (tertiary/aromatic N) is 1. The summed E-state index contributed by atoms with van der Waals surface area (Å²) in [6.07, 6.45) is 0. The number of hydrogen-bond acceptors (Lipinski definition) is 6. The Morgan fingerprint density at radius 3 is 2.35 bits per heavy atom. The highest BCUT2D eigenvalue weighted by Gasteiger charge is 2.11. The molecule has 3 aromatic carbocycles. The van der Waals surface area contributed by atoms with Crippen LogP contribution in [0.25, 0.3) is 0 Å². The van der Waals surface area contributed by atoms with Gasteiger partial charge in [-0.3, -0.25) is 10.1 Å². The Morgan fingerprint density at radius 1 is 0.935 bits per heavy atom. The van der Waals surface area contributed by atoms with Gasteiger partial charge in [-0.15, -0.1) is 12.4 Å². The molecule has 0 aromatic heterocycles. The number of rotatable bonds is 11. The normalized spacial score (nSPS) is 10.1. The molecule has 0 atom stereocenters. The third-order valence-corrected chi connectivity index (χ3v) is 4.53. The summed E-state index contributed by atoms with van der Waals surface area (Å²) in [6, 6.07) is 22.2. The molecule has 0 heterocycles. The lowest BCUT2D eigenvalue weighted by Crippen LogP contribution is -2.22. The van der Waals surface area contributed by atoms with E-state index in [1.807, 2.05) is 48.5 Å². The van der Waals surface area contributed by atoms with Gasteiger partial charge in [-0.05, 0) is 23.8 Å². The molecule has 0 aliphatic carbocycles. The quantitative estimate of drug-likeness (QED) is 0.251. The van der Waals surface area contributed by atoms with Gasteiger partial charge < -0.3 is 20.1 Å². The van der Waals surface area contributed by atoms with Gasteiger partial charge in [0.05, 0.1) is 12.0 Å². The molecule has 0 saturated carbocycles. The van der Waals surface area contributed by atoms with Gasteiger partial charge in [0, 0.05) is 43.0 Å². The van der Waals surface area contributed by atoms with Crippen molar-refractivity contribution < 1.29 is 14.4 Å². The zero-order chi connectivity index (χ0) is 21.2. The Hall–Kier alpha value is -3.29. The summed E-state index contributed by atoms with van der Waals surface area (Å²) in [5, 5.41) is 17.3. The van der Waals surface area contributed by atoms with Crippen molar-refractivity contribution in [3.63, 3.8) is 0 Å². The highest BCUT2D eigenvalue weighted by Crippen LogP contribution is 2.31. The highest BCUT2D eigenvalue weighted by atomic mass is 35.5. The van der Waals surface area contributed by atoms with Gasteiger partial charge in [0.1, 0.15) is 6.61 Å². The van der Waals surface area contributed by atoms with Crippen LogP contribution in [0, 0.1) is 10.1 Å². The van der Waals surface area contributed by atoms with Crippen LogP contribution in [0.4, 0.5) is 11.4 Å². The maximum absolute atomic E-state index is 10.7. The van der Waals surface area contributed by atoms with E-state index in [4.69, 9.17) is 9.47 Å². The van der Waals surface area contributed by atoms with Gasteiger partial charge in [-0.25, -0.2) is 0 Å². The number of para-hydroxylation sites is 1. The van der Waals surface area contributed by atoms with E-state index in [-0.39, 0.29) is 18.1 Å². The Bertz CT molecular complexity index is 953. The number of halogens is 1. The second kappa shape index (κ2) is 12.4. The third-order valence-electron chi connectivity index (χ3n) is 4.53. The summed E-state index contributed by atoms with van der Waals surface area (Å²) in [5.74, 6) is 1.44. The van der Waals surface area contributed by atoms with E-state index in [2.05, 4.69) is 10.6 Å². The Morgan fingerprint density at radius 2 is 1.68 bits per heavy atom. The molecule has 0 spiro atoms. The zero-order valence-corrected chi connectivity index (χ0v) is 18.1. The summed E-state index contributed by atoms with van der Waals surface area (Å²) in [4.78, 5) is 10.3. The largest absolute Gasteiger partial charge is 0.493 e. The first-order valence-corrected chi connectivity index (χ1v) is 9.69. The Kier molecular flexibility index (Phi) is 9.61. The van der Waals surface area contributed by atoms with Gasteiger partial charge in [0.15, 0.2) is 11.5 Å². The summed E-state index contributed by atoms with van der Waals surface area (Å²) in [5.41, 5.74) is 3.03. The topological polar surface area (TPSA) is 85.7 Å². The van der Waals surface area contributed by atoms with Crippen molar-refractivity contribution in [3.8, 4) is 11.5 Å². The predicted octanol–water partition coefficient (Wildman–Crippen LogP) is 4.81. The minimum atomic E-state index is -0.406. The average molecular weight is 444 g/mol. The van der Waals surface area contributed by atoms with Crippen LogP contribution < -0.4 is 20.1 Å². The average Bonchev–Trinajstić information content (AvgIpc) is 2.78. The number of benzene rings is 3. The van der Waals surface area contributed by atoms with Gasteiger partial charge >= 0.3 is 0 Å². The SMILES string of the molecule is COc1cccc(CNCCNc2ccc([N+](=O)[O-])cc2)c1OCc1ccccc1.Cl. The molecule has 0 saturated heterocycles. The van der Waals surface area contributed by atoms with Crippen LogP contribution in [-0.2, 0) is 13.2 Å². The van der Waals surface area contributed by atoms with E-state index in [1.165, 1.54) is 12.1 Å². The maximum Gasteiger partial charge on any atom is 0.269 e. The number of ether oxygens (including phenoxy) is 2. The molecule has 0 fully saturated rings. The van der Waals surface area contributed by atoms with Crippen LogP contribution in [-0.4, -0.2) is 25.1 Å². The number of nitrogens with one attached hydrogen (secondary N) is 2. The number of anilines is 1. The number of nitro groups is 1. The molecule has 0 radical (unpaired) electrons. The molecule has 3 rings (SSSR count). The lowest BCUT2D eigenvalue weighted by Gasteiger charge is -2.16. The van der Waals surface area contributed by atoms with Crippen LogP contribution in [0.15, 0.2) is 72.8 Å². The fourth-order valence-electron chi connectivity index (χ4n) is 2.97. The molecular weight excluding hydrogens is 418 g/mol. The second-order valence-corrected chi connectivity index (χ2v) is 6.63. The molecule has 0 amide bonds. The van der Waals surface area contributed by atoms with E-state index < -0.39 is 4.92 Å². The van der Waals surface area contributed by atoms with Crippen LogP contribution in [0.3, 0.4) is 0 Å². The molecule has 0 aliphatic rings. The molecule has 164 valence electrons. The van der Waals surface area contributed by atoms with E-state index in [0.29, 0.717) is 32.0 Å². The molecule has 3 aromatic rings. The fourth-order valence-corrected chi connectivity index (χ4v) is 2.97. The van der Waals surface area contributed by atoms with Crippen molar-refractivity contribution in [1.29, 1.82) is 0 Å². The first-order valence-electron chi connectivity index (χ1n) is 9.69. The lowest BCUT2D eigenvalue weighted by molar-refractivity contribution is -0.384. The van der Waals surface area contributed by atoms with E-state index in [0.717, 1.165) is 22.6 Å². The van der Waals surface area contributed by atoms with Crippen LogP contribution in [0.1, 0.15) is 11.1 Å². The number of non-ortho nitro benzene ring substituents is 1. The lowest BCUT2D eigenvalue weighted by atomic mass is 10.1. The molecular formula is C23H26ClN3O4. The number of methoxy groups -OCH3 is 1. The van der Waals surface area contributed by atoms with Gasteiger partial charge in [0.2, 0.25) is 0 Å². The summed E-state index contributed by atoms with van der Waals surface area (Å²) < 4.78 is 11.5. The van der Waals surface area contributed by atoms with E-state index >= 15 is 0 Å². The van der Waals surface area contributed by atoms with Gasteiger partial charge in [-0.1, -0.05) is 42.5 Å². The van der Waals surface area contributed by atoms with Crippen LogP contribution in [0.5, 0.6) is 11.5 Å². The second-order valence-electron chi connectivity index (χ2n) is 6.63. The Labute approximate surface area is 188 Å². The minimum absolute atomic E-state index is 0. The van der Waals surface area contributed by atoms with Crippen molar-refractivity contribution >= 4 is 23.8 Å². The first kappa shape index (κ1) is 24.0. The monoisotopic (exact) mass is 443 g/mol. The smallest absolute Gasteiger partial charge is 0.269 e. The number of hydrogen-bond donors (Lipinski definition) is 2. The summed E-state index contributed by atoms with van der Waals surface area (Å²) in [6.45, 7) is 2.49. The van der Waals surface area contributed by atoms with Crippen molar-refractivity contribution in [3.05, 3.63) is 94.0 Å². The zero-order valence-electron chi connectivity index (χ0n) is 17.2. The molecule has 0 unspecified atom stereocenters.